The van der Waals surface area contributed by atoms with Crippen LogP contribution in [0.15, 0.2) is 46.3 Å². The Morgan fingerprint density at radius 3 is 2.31 bits per heavy atom. The summed E-state index contributed by atoms with van der Waals surface area (Å²) in [5, 5.41) is 2.54. The van der Waals surface area contributed by atoms with Gasteiger partial charge in [0.05, 0.1) is 30.4 Å². The number of nitrogens with zero attached hydrogens (tertiary/aromatic N) is 1. The summed E-state index contributed by atoms with van der Waals surface area (Å²) in [5.74, 6) is -0.926. The molecule has 1 saturated heterocycles. The lowest BCUT2D eigenvalue weighted by Crippen LogP contribution is -2.19. The number of alkyl halides is 5. The highest BCUT2D eigenvalue weighted by Gasteiger charge is 2.31. The Morgan fingerprint density at radius 1 is 1.09 bits per heavy atom. The standard InChI is InChI=1S/C20H15F5N2O4S/c1-29-13-6-10(7-14(30-2)16(13)31-18(21)22)8-15-17(28)27-19(32-15)26-12-5-3-4-11(9-12)20(23,24)25/h3-9,18H,1-2H3,(H,26,27,28)/b15-8-. The normalized spacial score (nSPS) is 16.6. The molecule has 2 aromatic rings. The summed E-state index contributed by atoms with van der Waals surface area (Å²) in [6.45, 7) is -3.10. The van der Waals surface area contributed by atoms with Crippen LogP contribution in [0.5, 0.6) is 17.2 Å². The molecular formula is C20H15F5N2O4S. The van der Waals surface area contributed by atoms with Crippen molar-refractivity contribution in [3.8, 4) is 17.2 Å². The number of thioether (sulfide) groups is 1. The second-order valence-electron chi connectivity index (χ2n) is 6.16. The van der Waals surface area contributed by atoms with Crippen molar-refractivity contribution in [3.63, 3.8) is 0 Å². The molecule has 1 amide bonds. The fourth-order valence-corrected chi connectivity index (χ4v) is 3.53. The fourth-order valence-electron chi connectivity index (χ4n) is 2.69. The summed E-state index contributed by atoms with van der Waals surface area (Å²) in [6, 6.07) is 7.08. The molecule has 0 bridgehead atoms. The predicted octanol–water partition coefficient (Wildman–Crippen LogP) is 5.22. The number of amidine groups is 1. The second-order valence-corrected chi connectivity index (χ2v) is 7.19. The van der Waals surface area contributed by atoms with Gasteiger partial charge in [-0.05, 0) is 53.7 Å². The lowest BCUT2D eigenvalue weighted by molar-refractivity contribution is -0.137. The Balaban J connectivity index is 1.89. The molecule has 0 aromatic heterocycles. The summed E-state index contributed by atoms with van der Waals surface area (Å²) in [4.78, 5) is 16.5. The van der Waals surface area contributed by atoms with Gasteiger partial charge in [-0.3, -0.25) is 4.79 Å². The van der Waals surface area contributed by atoms with Gasteiger partial charge in [0, 0.05) is 0 Å². The minimum absolute atomic E-state index is 0.0146. The maximum atomic E-state index is 12.9. The van der Waals surface area contributed by atoms with Crippen LogP contribution in [0.4, 0.5) is 27.6 Å². The maximum absolute atomic E-state index is 12.9. The number of aliphatic imine (C=N–C) groups is 1. The van der Waals surface area contributed by atoms with E-state index >= 15 is 0 Å². The molecule has 0 radical (unpaired) electrons. The Hall–Kier alpha value is -3.28. The van der Waals surface area contributed by atoms with Crippen LogP contribution in [0.2, 0.25) is 0 Å². The summed E-state index contributed by atoms with van der Waals surface area (Å²) in [5.41, 5.74) is -0.478. The highest BCUT2D eigenvalue weighted by atomic mass is 32.2. The van der Waals surface area contributed by atoms with E-state index in [1.165, 1.54) is 44.6 Å². The third-order valence-corrected chi connectivity index (χ3v) is 4.95. The van der Waals surface area contributed by atoms with E-state index in [4.69, 9.17) is 9.47 Å². The van der Waals surface area contributed by atoms with Crippen molar-refractivity contribution in [1.82, 2.24) is 5.32 Å². The molecule has 0 atom stereocenters. The SMILES string of the molecule is COc1cc(/C=C2\SC(=Nc3cccc(C(F)(F)F)c3)NC2=O)cc(OC)c1OC(F)F. The predicted molar refractivity (Wildman–Crippen MR) is 108 cm³/mol. The Labute approximate surface area is 183 Å². The third-order valence-electron chi connectivity index (χ3n) is 4.04. The average molecular weight is 474 g/mol. The number of ether oxygens (including phenoxy) is 3. The molecule has 0 saturated carbocycles. The van der Waals surface area contributed by atoms with Crippen molar-refractivity contribution < 1.29 is 41.0 Å². The van der Waals surface area contributed by atoms with Gasteiger partial charge in [0.25, 0.3) is 5.91 Å². The summed E-state index contributed by atoms with van der Waals surface area (Å²) < 4.78 is 78.5. The third kappa shape index (κ3) is 5.49. The van der Waals surface area contributed by atoms with Gasteiger partial charge in [0.15, 0.2) is 16.7 Å². The zero-order chi connectivity index (χ0) is 23.5. The van der Waals surface area contributed by atoms with Crippen LogP contribution in [0.3, 0.4) is 0 Å². The molecule has 1 fully saturated rings. The van der Waals surface area contributed by atoms with E-state index in [2.05, 4.69) is 15.0 Å². The van der Waals surface area contributed by atoms with Gasteiger partial charge in [-0.25, -0.2) is 4.99 Å². The van der Waals surface area contributed by atoms with E-state index in [0.29, 0.717) is 5.56 Å². The quantitative estimate of drug-likeness (QED) is 0.460. The number of hydrogen-bond acceptors (Lipinski definition) is 6. The number of carbonyl (C=O) groups excluding carboxylic acids is 1. The molecule has 0 aliphatic carbocycles. The molecule has 32 heavy (non-hydrogen) atoms. The van der Waals surface area contributed by atoms with E-state index < -0.39 is 24.3 Å². The van der Waals surface area contributed by atoms with E-state index in [1.807, 2.05) is 0 Å². The monoisotopic (exact) mass is 474 g/mol. The Bertz CT molecular complexity index is 1060. The van der Waals surface area contributed by atoms with Crippen LogP contribution >= 0.6 is 11.8 Å². The molecular weight excluding hydrogens is 459 g/mol. The molecule has 0 spiro atoms. The minimum Gasteiger partial charge on any atom is -0.493 e. The zero-order valence-corrected chi connectivity index (χ0v) is 17.3. The van der Waals surface area contributed by atoms with Gasteiger partial charge < -0.3 is 19.5 Å². The van der Waals surface area contributed by atoms with Crippen LogP contribution in [-0.4, -0.2) is 31.9 Å². The number of rotatable bonds is 6. The van der Waals surface area contributed by atoms with E-state index in [-0.39, 0.29) is 33.0 Å². The minimum atomic E-state index is -4.52. The van der Waals surface area contributed by atoms with Crippen LogP contribution in [0.1, 0.15) is 11.1 Å². The van der Waals surface area contributed by atoms with Crippen molar-refractivity contribution in [2.45, 2.75) is 12.8 Å². The molecule has 1 heterocycles. The number of methoxy groups -OCH3 is 2. The Kier molecular flexibility index (Phi) is 6.92. The Morgan fingerprint density at radius 2 is 1.75 bits per heavy atom. The molecule has 12 heteroatoms. The van der Waals surface area contributed by atoms with Gasteiger partial charge in [-0.2, -0.15) is 22.0 Å². The molecule has 3 rings (SSSR count). The molecule has 2 aromatic carbocycles. The lowest BCUT2D eigenvalue weighted by atomic mass is 10.1. The molecule has 170 valence electrons. The number of benzene rings is 2. The van der Waals surface area contributed by atoms with Crippen LogP contribution in [-0.2, 0) is 11.0 Å². The first-order valence-electron chi connectivity index (χ1n) is 8.78. The maximum Gasteiger partial charge on any atom is 0.416 e. The van der Waals surface area contributed by atoms with Crippen LogP contribution < -0.4 is 19.5 Å². The van der Waals surface area contributed by atoms with Crippen molar-refractivity contribution >= 4 is 34.6 Å². The fraction of sp³-hybridized carbons (Fsp3) is 0.200. The molecule has 1 aliphatic heterocycles. The number of halogens is 5. The number of carbonyl (C=O) groups is 1. The van der Waals surface area contributed by atoms with Crippen molar-refractivity contribution in [2.24, 2.45) is 4.99 Å². The van der Waals surface area contributed by atoms with Gasteiger partial charge in [-0.15, -0.1) is 0 Å². The zero-order valence-electron chi connectivity index (χ0n) is 16.5. The first kappa shape index (κ1) is 23.4. The van der Waals surface area contributed by atoms with Crippen LogP contribution in [0.25, 0.3) is 6.08 Å². The van der Waals surface area contributed by atoms with Crippen molar-refractivity contribution in [1.29, 1.82) is 0 Å². The van der Waals surface area contributed by atoms with Gasteiger partial charge >= 0.3 is 12.8 Å². The smallest absolute Gasteiger partial charge is 0.416 e. The largest absolute Gasteiger partial charge is 0.493 e. The van der Waals surface area contributed by atoms with E-state index in [9.17, 15) is 26.7 Å². The van der Waals surface area contributed by atoms with Crippen LogP contribution in [0, 0.1) is 0 Å². The number of nitrogens with one attached hydrogen (secondary N) is 1. The van der Waals surface area contributed by atoms with E-state index in [0.717, 1.165) is 23.9 Å². The highest BCUT2D eigenvalue weighted by Crippen LogP contribution is 2.41. The van der Waals surface area contributed by atoms with Gasteiger partial charge in [-0.1, -0.05) is 6.07 Å². The first-order valence-corrected chi connectivity index (χ1v) is 9.60. The molecule has 1 aliphatic rings. The number of hydrogen-bond donors (Lipinski definition) is 1. The van der Waals surface area contributed by atoms with Crippen molar-refractivity contribution in [3.05, 3.63) is 52.4 Å². The van der Waals surface area contributed by atoms with Gasteiger partial charge in [0.1, 0.15) is 0 Å². The summed E-state index contributed by atoms with van der Waals surface area (Å²) in [7, 11) is 2.50. The second kappa shape index (κ2) is 9.47. The van der Waals surface area contributed by atoms with Gasteiger partial charge in [0.2, 0.25) is 5.75 Å². The molecule has 1 N–H and O–H groups in total. The summed E-state index contributed by atoms with van der Waals surface area (Å²) in [6.07, 6.45) is -3.10. The van der Waals surface area contributed by atoms with E-state index in [1.54, 1.807) is 0 Å². The topological polar surface area (TPSA) is 69.2 Å². The molecule has 0 unspecified atom stereocenters. The van der Waals surface area contributed by atoms with Crippen molar-refractivity contribution in [2.75, 3.05) is 14.2 Å². The first-order chi connectivity index (χ1) is 15.1. The average Bonchev–Trinajstić information content (AvgIpc) is 3.06. The highest BCUT2D eigenvalue weighted by molar-refractivity contribution is 8.18. The molecule has 6 nitrogen and oxygen atoms in total. The summed E-state index contributed by atoms with van der Waals surface area (Å²) >= 11 is 0.900. The lowest BCUT2D eigenvalue weighted by Gasteiger charge is -2.14. The number of amides is 1.